The lowest BCUT2D eigenvalue weighted by molar-refractivity contribution is 0.0941. The maximum Gasteiger partial charge on any atom is 0.255 e. The van der Waals surface area contributed by atoms with Gasteiger partial charge in [-0.1, -0.05) is 0 Å². The van der Waals surface area contributed by atoms with Gasteiger partial charge in [-0.15, -0.1) is 11.3 Å². The third kappa shape index (κ3) is 3.58. The second-order valence-electron chi connectivity index (χ2n) is 4.83. The molecule has 1 unspecified atom stereocenters. The molecular weight excluding hydrogens is 284 g/mol. The summed E-state index contributed by atoms with van der Waals surface area (Å²) in [5.74, 6) is -0.128. The van der Waals surface area contributed by atoms with E-state index in [-0.39, 0.29) is 11.9 Å². The molecule has 112 valence electrons. The average Bonchev–Trinajstić information content (AvgIpc) is 2.78. The first-order valence-corrected chi connectivity index (χ1v) is 7.77. The van der Waals surface area contributed by atoms with Crippen molar-refractivity contribution >= 4 is 22.9 Å². The van der Waals surface area contributed by atoms with E-state index < -0.39 is 0 Å². The molecule has 0 fully saturated rings. The number of nitrogens with one attached hydrogen (secondary N) is 2. The minimum atomic E-state index is -0.128. The molecule has 0 bridgehead atoms. The van der Waals surface area contributed by atoms with Crippen LogP contribution in [0.5, 0.6) is 0 Å². The van der Waals surface area contributed by atoms with Gasteiger partial charge < -0.3 is 10.6 Å². The van der Waals surface area contributed by atoms with Crippen LogP contribution < -0.4 is 10.6 Å². The summed E-state index contributed by atoms with van der Waals surface area (Å²) < 4.78 is 0. The fourth-order valence-electron chi connectivity index (χ4n) is 2.21. The molecule has 2 heterocycles. The van der Waals surface area contributed by atoms with Crippen molar-refractivity contribution in [3.8, 4) is 0 Å². The van der Waals surface area contributed by atoms with Crippen LogP contribution >= 0.6 is 11.3 Å². The third-order valence-corrected chi connectivity index (χ3v) is 4.37. The highest BCUT2D eigenvalue weighted by Gasteiger charge is 2.18. The predicted molar refractivity (Wildman–Crippen MR) is 85.9 cm³/mol. The average molecular weight is 304 g/mol. The van der Waals surface area contributed by atoms with Crippen LogP contribution in [0.2, 0.25) is 0 Å². The highest BCUT2D eigenvalue weighted by molar-refractivity contribution is 7.11. The van der Waals surface area contributed by atoms with Gasteiger partial charge in [-0.2, -0.15) is 0 Å². The molecule has 2 rings (SSSR count). The molecule has 21 heavy (non-hydrogen) atoms. The van der Waals surface area contributed by atoms with E-state index in [1.165, 1.54) is 0 Å². The molecule has 1 amide bonds. The summed E-state index contributed by atoms with van der Waals surface area (Å²) in [7, 11) is 0. The Morgan fingerprint density at radius 1 is 1.43 bits per heavy atom. The van der Waals surface area contributed by atoms with Gasteiger partial charge in [0.1, 0.15) is 0 Å². The summed E-state index contributed by atoms with van der Waals surface area (Å²) in [6, 6.07) is 1.74. The van der Waals surface area contributed by atoms with Crippen LogP contribution in [0.3, 0.4) is 0 Å². The zero-order valence-corrected chi connectivity index (χ0v) is 13.5. The molecule has 0 saturated heterocycles. The number of nitrogens with zero attached hydrogens (tertiary/aromatic N) is 2. The number of hydrogen-bond donors (Lipinski definition) is 2. The first-order chi connectivity index (χ1) is 10.0. The lowest BCUT2D eigenvalue weighted by atomic mass is 10.2. The van der Waals surface area contributed by atoms with Crippen LogP contribution in [-0.4, -0.2) is 22.4 Å². The minimum absolute atomic E-state index is 0.0709. The van der Waals surface area contributed by atoms with E-state index in [0.717, 1.165) is 27.8 Å². The van der Waals surface area contributed by atoms with Crippen LogP contribution in [-0.2, 0) is 0 Å². The zero-order valence-electron chi connectivity index (χ0n) is 12.7. The number of anilines is 1. The Balaban J connectivity index is 2.16. The Bertz CT molecular complexity index is 638. The van der Waals surface area contributed by atoms with E-state index >= 15 is 0 Å². The van der Waals surface area contributed by atoms with Crippen molar-refractivity contribution in [2.24, 2.45) is 0 Å². The van der Waals surface area contributed by atoms with Crippen LogP contribution in [0.1, 0.15) is 45.8 Å². The van der Waals surface area contributed by atoms with Crippen molar-refractivity contribution in [3.63, 3.8) is 0 Å². The normalized spacial score (nSPS) is 12.0. The van der Waals surface area contributed by atoms with Gasteiger partial charge >= 0.3 is 0 Å². The molecule has 2 aromatic rings. The molecule has 6 heteroatoms. The van der Waals surface area contributed by atoms with Gasteiger partial charge in [-0.25, -0.2) is 4.98 Å². The molecule has 5 nitrogen and oxygen atoms in total. The van der Waals surface area contributed by atoms with Crippen LogP contribution in [0.15, 0.2) is 18.5 Å². The fraction of sp³-hybridized carbons (Fsp3) is 0.400. The van der Waals surface area contributed by atoms with Crippen molar-refractivity contribution in [3.05, 3.63) is 39.6 Å². The summed E-state index contributed by atoms with van der Waals surface area (Å²) in [6.07, 6.45) is 3.26. The van der Waals surface area contributed by atoms with E-state index in [1.54, 1.807) is 23.7 Å². The number of hydrogen-bond acceptors (Lipinski definition) is 5. The summed E-state index contributed by atoms with van der Waals surface area (Å²) in [6.45, 7) is 8.66. The highest BCUT2D eigenvalue weighted by atomic mass is 32.1. The summed E-state index contributed by atoms with van der Waals surface area (Å²) >= 11 is 1.62. The van der Waals surface area contributed by atoms with E-state index in [4.69, 9.17) is 0 Å². The maximum atomic E-state index is 12.4. The number of carbonyl (C=O) groups excluding carboxylic acids is 1. The Morgan fingerprint density at radius 3 is 2.81 bits per heavy atom. The van der Waals surface area contributed by atoms with E-state index in [2.05, 4.69) is 20.6 Å². The number of pyridine rings is 1. The molecule has 2 N–H and O–H groups in total. The molecule has 0 spiro atoms. The number of aryl methyl sites for hydroxylation is 2. The molecule has 0 saturated carbocycles. The zero-order chi connectivity index (χ0) is 15.4. The van der Waals surface area contributed by atoms with Gasteiger partial charge in [-0.05, 0) is 33.8 Å². The summed E-state index contributed by atoms with van der Waals surface area (Å²) in [5.41, 5.74) is 2.34. The lowest BCUT2D eigenvalue weighted by Gasteiger charge is -2.15. The van der Waals surface area contributed by atoms with Gasteiger partial charge in [0.05, 0.1) is 28.0 Å². The summed E-state index contributed by atoms with van der Waals surface area (Å²) in [5, 5.41) is 7.20. The quantitative estimate of drug-likeness (QED) is 0.891. The number of rotatable bonds is 5. The molecule has 0 aliphatic carbocycles. The van der Waals surface area contributed by atoms with Crippen molar-refractivity contribution in [2.75, 3.05) is 11.9 Å². The number of amides is 1. The number of thiazole rings is 1. The van der Waals surface area contributed by atoms with Gasteiger partial charge in [0.25, 0.3) is 5.91 Å². The van der Waals surface area contributed by atoms with Crippen molar-refractivity contribution in [1.82, 2.24) is 15.3 Å². The van der Waals surface area contributed by atoms with Crippen molar-refractivity contribution in [1.29, 1.82) is 0 Å². The number of carbonyl (C=O) groups is 1. The molecule has 0 aromatic carbocycles. The fourth-order valence-corrected chi connectivity index (χ4v) is 3.14. The SMILES string of the molecule is CCNc1ccncc1C(=O)NC(C)c1sc(C)nc1C. The highest BCUT2D eigenvalue weighted by Crippen LogP contribution is 2.25. The predicted octanol–water partition coefficient (Wildman–Crippen LogP) is 3.08. The van der Waals surface area contributed by atoms with Gasteiger partial charge in [-0.3, -0.25) is 9.78 Å². The molecule has 0 aliphatic rings. The van der Waals surface area contributed by atoms with Gasteiger partial charge in [0.2, 0.25) is 0 Å². The van der Waals surface area contributed by atoms with Crippen LogP contribution in [0.4, 0.5) is 5.69 Å². The van der Waals surface area contributed by atoms with E-state index in [9.17, 15) is 4.79 Å². The number of aromatic nitrogens is 2. The van der Waals surface area contributed by atoms with Crippen LogP contribution in [0.25, 0.3) is 0 Å². The Labute approximate surface area is 128 Å². The third-order valence-electron chi connectivity index (χ3n) is 3.11. The topological polar surface area (TPSA) is 66.9 Å². The van der Waals surface area contributed by atoms with E-state index in [0.29, 0.717) is 5.56 Å². The molecule has 0 aliphatic heterocycles. The van der Waals surface area contributed by atoms with Crippen molar-refractivity contribution < 1.29 is 4.79 Å². The first kappa shape index (κ1) is 15.4. The monoisotopic (exact) mass is 304 g/mol. The smallest absolute Gasteiger partial charge is 0.255 e. The lowest BCUT2D eigenvalue weighted by Crippen LogP contribution is -2.27. The minimum Gasteiger partial charge on any atom is -0.385 e. The molecule has 2 aromatic heterocycles. The van der Waals surface area contributed by atoms with Gasteiger partial charge in [0.15, 0.2) is 0 Å². The summed E-state index contributed by atoms with van der Waals surface area (Å²) in [4.78, 5) is 22.0. The Hall–Kier alpha value is -1.95. The Morgan fingerprint density at radius 2 is 2.19 bits per heavy atom. The molecule has 1 atom stereocenters. The van der Waals surface area contributed by atoms with Gasteiger partial charge in [0, 0.05) is 23.8 Å². The standard InChI is InChI=1S/C15H20N4OS/c1-5-17-13-6-7-16-8-12(13)15(20)19-10(3)14-9(2)18-11(4)21-14/h6-8,10H,5H2,1-4H3,(H,16,17)(H,19,20). The second-order valence-corrected chi connectivity index (χ2v) is 6.06. The maximum absolute atomic E-state index is 12.4. The molecular formula is C15H20N4OS. The second kappa shape index (κ2) is 6.67. The largest absolute Gasteiger partial charge is 0.385 e. The van der Waals surface area contributed by atoms with E-state index in [1.807, 2.05) is 33.8 Å². The first-order valence-electron chi connectivity index (χ1n) is 6.95. The molecule has 0 radical (unpaired) electrons. The van der Waals surface area contributed by atoms with Crippen LogP contribution in [0, 0.1) is 13.8 Å². The Kier molecular flexibility index (Phi) is 4.90. The van der Waals surface area contributed by atoms with Crippen molar-refractivity contribution in [2.45, 2.75) is 33.7 Å².